The van der Waals surface area contributed by atoms with Crippen molar-refractivity contribution in [3.63, 3.8) is 0 Å². The van der Waals surface area contributed by atoms with Crippen LogP contribution in [0.1, 0.15) is 29.5 Å². The van der Waals surface area contributed by atoms with Gasteiger partial charge in [-0.1, -0.05) is 0 Å². The predicted octanol–water partition coefficient (Wildman–Crippen LogP) is 3.25. The van der Waals surface area contributed by atoms with Gasteiger partial charge < -0.3 is 9.47 Å². The van der Waals surface area contributed by atoms with Crippen molar-refractivity contribution >= 4 is 5.91 Å². The van der Waals surface area contributed by atoms with E-state index in [4.69, 9.17) is 0 Å². The molecule has 30 heavy (non-hydrogen) atoms. The maximum atomic E-state index is 12.9. The van der Waals surface area contributed by atoms with Crippen molar-refractivity contribution in [3.8, 4) is 11.4 Å². The molecule has 1 atom stereocenters. The number of amides is 1. The van der Waals surface area contributed by atoms with E-state index in [-0.39, 0.29) is 18.5 Å². The standard InChI is InChI=1S/C20H21F3N6O/c1-13-8-17(20(21,22)23)26-28(13)12-18(30)27-7-5-16(11-27)29-14(2)9-25-19(29)15-4-3-6-24-10-15/h3-4,6,8-10,16H,5,7,11-12H2,1-2H3. The maximum absolute atomic E-state index is 12.9. The first-order valence-electron chi connectivity index (χ1n) is 9.57. The number of aryl methyl sites for hydroxylation is 2. The smallest absolute Gasteiger partial charge is 0.339 e. The zero-order valence-electron chi connectivity index (χ0n) is 16.6. The molecule has 4 heterocycles. The molecular weight excluding hydrogens is 397 g/mol. The van der Waals surface area contributed by atoms with Crippen LogP contribution >= 0.6 is 0 Å². The van der Waals surface area contributed by atoms with Crippen molar-refractivity contribution < 1.29 is 18.0 Å². The van der Waals surface area contributed by atoms with E-state index in [1.54, 1.807) is 23.5 Å². The lowest BCUT2D eigenvalue weighted by Gasteiger charge is -2.20. The number of carbonyl (C=O) groups is 1. The van der Waals surface area contributed by atoms with Gasteiger partial charge in [0, 0.05) is 48.6 Å². The maximum Gasteiger partial charge on any atom is 0.435 e. The van der Waals surface area contributed by atoms with Crippen LogP contribution in [0.25, 0.3) is 11.4 Å². The third-order valence-corrected chi connectivity index (χ3v) is 5.34. The van der Waals surface area contributed by atoms with Crippen LogP contribution < -0.4 is 0 Å². The van der Waals surface area contributed by atoms with Gasteiger partial charge >= 0.3 is 6.18 Å². The molecule has 0 radical (unpaired) electrons. The number of pyridine rings is 1. The van der Waals surface area contributed by atoms with E-state index in [0.717, 1.165) is 34.3 Å². The Labute approximate surface area is 171 Å². The van der Waals surface area contributed by atoms with Crippen molar-refractivity contribution in [2.45, 2.75) is 39.0 Å². The largest absolute Gasteiger partial charge is 0.435 e. The van der Waals surface area contributed by atoms with Crippen molar-refractivity contribution in [3.05, 3.63) is 53.9 Å². The molecule has 4 rings (SSSR count). The summed E-state index contributed by atoms with van der Waals surface area (Å²) in [5, 5.41) is 3.55. The molecule has 0 spiro atoms. The van der Waals surface area contributed by atoms with Gasteiger partial charge in [-0.3, -0.25) is 14.5 Å². The monoisotopic (exact) mass is 418 g/mol. The van der Waals surface area contributed by atoms with Crippen LogP contribution in [0, 0.1) is 13.8 Å². The first-order valence-corrected chi connectivity index (χ1v) is 9.57. The number of carbonyl (C=O) groups excluding carboxylic acids is 1. The normalized spacial score (nSPS) is 17.0. The Hall–Kier alpha value is -3.17. The number of aromatic nitrogens is 5. The molecule has 10 heteroatoms. The number of imidazole rings is 1. The average molecular weight is 418 g/mol. The van der Waals surface area contributed by atoms with E-state index < -0.39 is 11.9 Å². The van der Waals surface area contributed by atoms with Crippen LogP contribution in [0.5, 0.6) is 0 Å². The Morgan fingerprint density at radius 2 is 2.03 bits per heavy atom. The van der Waals surface area contributed by atoms with Gasteiger partial charge in [-0.15, -0.1) is 0 Å². The van der Waals surface area contributed by atoms with Crippen LogP contribution in [0.3, 0.4) is 0 Å². The average Bonchev–Trinajstić information content (AvgIpc) is 3.41. The first-order chi connectivity index (χ1) is 14.2. The van der Waals surface area contributed by atoms with Gasteiger partial charge in [0.25, 0.3) is 0 Å². The molecule has 3 aromatic heterocycles. The fourth-order valence-corrected chi connectivity index (χ4v) is 3.83. The van der Waals surface area contributed by atoms with Gasteiger partial charge in [0.15, 0.2) is 5.69 Å². The molecule has 1 saturated heterocycles. The fraction of sp³-hybridized carbons (Fsp3) is 0.400. The van der Waals surface area contributed by atoms with Gasteiger partial charge in [-0.25, -0.2) is 4.98 Å². The predicted molar refractivity (Wildman–Crippen MR) is 102 cm³/mol. The van der Waals surface area contributed by atoms with Crippen molar-refractivity contribution in [2.75, 3.05) is 13.1 Å². The molecule has 0 aliphatic carbocycles. The Bertz CT molecular complexity index is 1060. The fourth-order valence-electron chi connectivity index (χ4n) is 3.83. The molecule has 0 bridgehead atoms. The number of hydrogen-bond donors (Lipinski definition) is 0. The zero-order chi connectivity index (χ0) is 21.5. The topological polar surface area (TPSA) is 68.8 Å². The summed E-state index contributed by atoms with van der Waals surface area (Å²) < 4.78 is 41.8. The third kappa shape index (κ3) is 3.81. The lowest BCUT2D eigenvalue weighted by molar-refractivity contribution is -0.142. The molecule has 0 saturated carbocycles. The van der Waals surface area contributed by atoms with E-state index in [1.165, 1.54) is 6.92 Å². The van der Waals surface area contributed by atoms with Crippen LogP contribution in [0.2, 0.25) is 0 Å². The van der Waals surface area contributed by atoms with Crippen molar-refractivity contribution in [1.29, 1.82) is 0 Å². The van der Waals surface area contributed by atoms with E-state index in [9.17, 15) is 18.0 Å². The second-order valence-electron chi connectivity index (χ2n) is 7.44. The molecule has 0 aromatic carbocycles. The van der Waals surface area contributed by atoms with Crippen LogP contribution in [0.15, 0.2) is 36.8 Å². The molecule has 1 aliphatic rings. The number of likely N-dealkylation sites (tertiary alicyclic amines) is 1. The summed E-state index contributed by atoms with van der Waals surface area (Å²) in [6, 6.07) is 4.77. The Balaban J connectivity index is 1.49. The van der Waals surface area contributed by atoms with E-state index in [1.807, 2.05) is 19.1 Å². The first kappa shape index (κ1) is 20.1. The van der Waals surface area contributed by atoms with Crippen LogP contribution in [-0.4, -0.2) is 48.2 Å². The molecule has 158 valence electrons. The molecule has 1 fully saturated rings. The molecule has 3 aromatic rings. The van der Waals surface area contributed by atoms with Gasteiger partial charge in [0.1, 0.15) is 12.4 Å². The van der Waals surface area contributed by atoms with Crippen LogP contribution in [0.4, 0.5) is 13.2 Å². The molecule has 1 aliphatic heterocycles. The zero-order valence-corrected chi connectivity index (χ0v) is 16.6. The summed E-state index contributed by atoms with van der Waals surface area (Å²) in [5.41, 5.74) is 1.19. The summed E-state index contributed by atoms with van der Waals surface area (Å²) in [6.45, 7) is 4.25. The van der Waals surface area contributed by atoms with E-state index in [0.29, 0.717) is 18.8 Å². The van der Waals surface area contributed by atoms with Gasteiger partial charge in [-0.2, -0.15) is 18.3 Å². The van der Waals surface area contributed by atoms with Crippen molar-refractivity contribution in [1.82, 2.24) is 29.2 Å². The Kier molecular flexibility index (Phi) is 5.08. The summed E-state index contributed by atoms with van der Waals surface area (Å²) in [4.78, 5) is 23.1. The number of rotatable bonds is 4. The summed E-state index contributed by atoms with van der Waals surface area (Å²) in [7, 11) is 0. The van der Waals surface area contributed by atoms with Gasteiger partial charge in [0.05, 0.1) is 6.04 Å². The lowest BCUT2D eigenvalue weighted by Crippen LogP contribution is -2.33. The second kappa shape index (κ2) is 7.58. The third-order valence-electron chi connectivity index (χ3n) is 5.34. The van der Waals surface area contributed by atoms with E-state index >= 15 is 0 Å². The summed E-state index contributed by atoms with van der Waals surface area (Å²) >= 11 is 0. The van der Waals surface area contributed by atoms with E-state index in [2.05, 4.69) is 19.6 Å². The molecular formula is C20H21F3N6O. The molecule has 0 N–H and O–H groups in total. The second-order valence-corrected chi connectivity index (χ2v) is 7.44. The van der Waals surface area contributed by atoms with Crippen LogP contribution in [-0.2, 0) is 17.5 Å². The highest BCUT2D eigenvalue weighted by Crippen LogP contribution is 2.30. The Morgan fingerprint density at radius 1 is 1.23 bits per heavy atom. The quantitative estimate of drug-likeness (QED) is 0.652. The number of alkyl halides is 3. The minimum atomic E-state index is -4.53. The minimum Gasteiger partial charge on any atom is -0.339 e. The highest BCUT2D eigenvalue weighted by Gasteiger charge is 2.35. The molecule has 1 amide bonds. The molecule has 7 nitrogen and oxygen atoms in total. The summed E-state index contributed by atoms with van der Waals surface area (Å²) in [6.07, 6.45) is 1.44. The number of hydrogen-bond acceptors (Lipinski definition) is 4. The Morgan fingerprint density at radius 3 is 2.70 bits per heavy atom. The molecule has 1 unspecified atom stereocenters. The minimum absolute atomic E-state index is 0.0381. The SMILES string of the molecule is Cc1cc(C(F)(F)F)nn1CC(=O)N1CCC(n2c(C)cnc2-c2cccnc2)C1. The van der Waals surface area contributed by atoms with Crippen molar-refractivity contribution in [2.24, 2.45) is 0 Å². The number of nitrogens with zero attached hydrogens (tertiary/aromatic N) is 6. The number of halogens is 3. The summed E-state index contributed by atoms with van der Waals surface area (Å²) in [5.74, 6) is 0.538. The van der Waals surface area contributed by atoms with Gasteiger partial charge in [0.2, 0.25) is 5.91 Å². The van der Waals surface area contributed by atoms with Gasteiger partial charge in [-0.05, 0) is 38.5 Å². The lowest BCUT2D eigenvalue weighted by atomic mass is 10.2. The highest BCUT2D eigenvalue weighted by atomic mass is 19.4. The highest BCUT2D eigenvalue weighted by molar-refractivity contribution is 5.76.